The average molecular weight is 279 g/mol. The Hall–Kier alpha value is -0.650. The molecule has 1 N–H and O–H groups in total. The second-order valence-electron chi connectivity index (χ2n) is 3.56. The largest absolute Gasteiger partial charge is 0.395 e. The van der Waals surface area contributed by atoms with Gasteiger partial charge in [-0.3, -0.25) is 0 Å². The van der Waals surface area contributed by atoms with Crippen molar-refractivity contribution in [3.05, 3.63) is 10.6 Å². The van der Waals surface area contributed by atoms with Gasteiger partial charge in [0.15, 0.2) is 0 Å². The summed E-state index contributed by atoms with van der Waals surface area (Å²) in [6, 6.07) is 0.247. The molecular weight excluding hydrogens is 263 g/mol. The molecule has 0 aliphatic carbocycles. The van der Waals surface area contributed by atoms with Crippen molar-refractivity contribution in [3.8, 4) is 0 Å². The van der Waals surface area contributed by atoms with Gasteiger partial charge in [-0.1, -0.05) is 13.8 Å². The van der Waals surface area contributed by atoms with E-state index in [2.05, 4.69) is 28.8 Å². The van der Waals surface area contributed by atoms with Crippen LogP contribution in [0, 0.1) is 0 Å². The summed E-state index contributed by atoms with van der Waals surface area (Å²) >= 11 is 11.5. The van der Waals surface area contributed by atoms with Gasteiger partial charge in [0.2, 0.25) is 16.5 Å². The second-order valence-corrected chi connectivity index (χ2v) is 4.24. The molecule has 0 saturated carbocycles. The second kappa shape index (κ2) is 6.93. The third-order valence-corrected chi connectivity index (χ3v) is 2.89. The number of halogens is 2. The Labute approximate surface area is 111 Å². The summed E-state index contributed by atoms with van der Waals surface area (Å²) < 4.78 is 0. The molecule has 0 amide bonds. The van der Waals surface area contributed by atoms with Gasteiger partial charge < -0.3 is 10.0 Å². The molecule has 0 unspecified atom stereocenters. The number of nitrogens with zero attached hydrogens (tertiary/aromatic N) is 4. The van der Waals surface area contributed by atoms with Crippen LogP contribution in [-0.4, -0.2) is 39.3 Å². The first-order valence-corrected chi connectivity index (χ1v) is 6.32. The number of hydrogen-bond acceptors (Lipinski definition) is 5. The van der Waals surface area contributed by atoms with Crippen LogP contribution in [0.2, 0.25) is 10.6 Å². The predicted octanol–water partition coefficient (Wildman–Crippen LogP) is 2.17. The minimum absolute atomic E-state index is 0.0252. The maximum absolute atomic E-state index is 9.10. The molecule has 1 rings (SSSR count). The van der Waals surface area contributed by atoms with Crippen molar-refractivity contribution in [2.24, 2.45) is 0 Å². The van der Waals surface area contributed by atoms with E-state index in [-0.39, 0.29) is 23.2 Å². The van der Waals surface area contributed by atoms with Gasteiger partial charge in [0.1, 0.15) is 0 Å². The van der Waals surface area contributed by atoms with Gasteiger partial charge >= 0.3 is 0 Å². The number of aliphatic hydroxyl groups excluding tert-OH is 1. The molecule has 17 heavy (non-hydrogen) atoms. The Balaban J connectivity index is 3.03. The zero-order chi connectivity index (χ0) is 12.8. The highest BCUT2D eigenvalue weighted by molar-refractivity contribution is 6.31. The maximum Gasteiger partial charge on any atom is 0.231 e. The van der Waals surface area contributed by atoms with Crippen LogP contribution >= 0.6 is 23.2 Å². The zero-order valence-electron chi connectivity index (χ0n) is 9.90. The molecule has 0 aromatic carbocycles. The fourth-order valence-corrected chi connectivity index (χ4v) is 2.08. The van der Waals surface area contributed by atoms with Crippen molar-refractivity contribution in [2.75, 3.05) is 18.1 Å². The molecule has 96 valence electrons. The van der Waals surface area contributed by atoms with Gasteiger partial charge in [-0.25, -0.2) is 0 Å². The molecule has 0 fully saturated rings. The Kier molecular flexibility index (Phi) is 5.88. The lowest BCUT2D eigenvalue weighted by atomic mass is 10.1. The van der Waals surface area contributed by atoms with E-state index in [1.165, 1.54) is 0 Å². The molecule has 7 heteroatoms. The summed E-state index contributed by atoms with van der Waals surface area (Å²) in [4.78, 5) is 13.7. The highest BCUT2D eigenvalue weighted by atomic mass is 35.5. The van der Waals surface area contributed by atoms with Crippen LogP contribution in [0.4, 0.5) is 5.95 Å². The van der Waals surface area contributed by atoms with E-state index < -0.39 is 0 Å². The monoisotopic (exact) mass is 278 g/mol. The smallest absolute Gasteiger partial charge is 0.231 e. The lowest BCUT2D eigenvalue weighted by Gasteiger charge is -2.29. The minimum Gasteiger partial charge on any atom is -0.395 e. The fourth-order valence-electron chi connectivity index (χ4n) is 1.73. The number of anilines is 1. The Morgan fingerprint density at radius 2 is 1.65 bits per heavy atom. The van der Waals surface area contributed by atoms with Crippen LogP contribution in [0.25, 0.3) is 0 Å². The summed E-state index contributed by atoms with van der Waals surface area (Å²) in [6.45, 7) is 4.62. The third kappa shape index (κ3) is 3.94. The molecule has 0 atom stereocenters. The van der Waals surface area contributed by atoms with Crippen LogP contribution in [0.1, 0.15) is 26.7 Å². The molecule has 1 aromatic heterocycles. The molecule has 0 spiro atoms. The van der Waals surface area contributed by atoms with Gasteiger partial charge in [0.05, 0.1) is 6.61 Å². The highest BCUT2D eigenvalue weighted by Gasteiger charge is 2.19. The van der Waals surface area contributed by atoms with Gasteiger partial charge in [-0.05, 0) is 36.0 Å². The van der Waals surface area contributed by atoms with E-state index in [0.29, 0.717) is 12.5 Å². The van der Waals surface area contributed by atoms with Gasteiger partial charge in [-0.2, -0.15) is 15.0 Å². The van der Waals surface area contributed by atoms with Crippen LogP contribution < -0.4 is 4.90 Å². The van der Waals surface area contributed by atoms with Crippen LogP contribution in [0.3, 0.4) is 0 Å². The zero-order valence-corrected chi connectivity index (χ0v) is 11.4. The van der Waals surface area contributed by atoms with E-state index in [1.807, 2.05) is 4.90 Å². The van der Waals surface area contributed by atoms with E-state index in [0.717, 1.165) is 12.8 Å². The molecule has 0 bridgehead atoms. The van der Waals surface area contributed by atoms with Crippen LogP contribution in [0.15, 0.2) is 0 Å². The first kappa shape index (κ1) is 14.4. The number of hydrogen-bond donors (Lipinski definition) is 1. The lowest BCUT2D eigenvalue weighted by Crippen LogP contribution is -2.38. The standard InChI is InChI=1S/C10H16Cl2N4O/c1-3-7(4-2)16(5-6-17)10-14-8(11)13-9(12)15-10/h7,17H,3-6H2,1-2H3. The molecule has 1 heterocycles. The quantitative estimate of drug-likeness (QED) is 0.864. The maximum atomic E-state index is 9.10. The van der Waals surface area contributed by atoms with E-state index >= 15 is 0 Å². The molecule has 0 aliphatic heterocycles. The van der Waals surface area contributed by atoms with E-state index in [9.17, 15) is 0 Å². The molecule has 5 nitrogen and oxygen atoms in total. The number of rotatable bonds is 6. The van der Waals surface area contributed by atoms with Crippen molar-refractivity contribution < 1.29 is 5.11 Å². The molecule has 0 aliphatic rings. The molecule has 0 saturated heterocycles. The van der Waals surface area contributed by atoms with Gasteiger partial charge in [0.25, 0.3) is 0 Å². The van der Waals surface area contributed by atoms with Crippen molar-refractivity contribution in [1.82, 2.24) is 15.0 Å². The Bertz CT molecular complexity index is 340. The normalized spacial score (nSPS) is 10.9. The van der Waals surface area contributed by atoms with Gasteiger partial charge in [-0.15, -0.1) is 0 Å². The number of aliphatic hydroxyl groups is 1. The van der Waals surface area contributed by atoms with Crippen molar-refractivity contribution >= 4 is 29.2 Å². The first-order valence-electron chi connectivity index (χ1n) is 5.56. The summed E-state index contributed by atoms with van der Waals surface area (Å²) in [7, 11) is 0. The molecule has 0 radical (unpaired) electrons. The van der Waals surface area contributed by atoms with Crippen molar-refractivity contribution in [1.29, 1.82) is 0 Å². The SMILES string of the molecule is CCC(CC)N(CCO)c1nc(Cl)nc(Cl)n1. The number of aromatic nitrogens is 3. The Morgan fingerprint density at radius 1 is 1.12 bits per heavy atom. The Morgan fingerprint density at radius 3 is 2.06 bits per heavy atom. The summed E-state index contributed by atoms with van der Waals surface area (Å²) in [5.41, 5.74) is 0. The van der Waals surface area contributed by atoms with E-state index in [1.54, 1.807) is 0 Å². The molecular formula is C10H16Cl2N4O. The topological polar surface area (TPSA) is 62.1 Å². The average Bonchev–Trinajstić information content (AvgIpc) is 2.28. The predicted molar refractivity (Wildman–Crippen MR) is 68.6 cm³/mol. The van der Waals surface area contributed by atoms with Gasteiger partial charge in [0, 0.05) is 12.6 Å². The fraction of sp³-hybridized carbons (Fsp3) is 0.700. The highest BCUT2D eigenvalue weighted by Crippen LogP contribution is 2.18. The van der Waals surface area contributed by atoms with Crippen molar-refractivity contribution in [3.63, 3.8) is 0 Å². The summed E-state index contributed by atoms with van der Waals surface area (Å²) in [5.74, 6) is 0.415. The van der Waals surface area contributed by atoms with Crippen LogP contribution in [0.5, 0.6) is 0 Å². The lowest BCUT2D eigenvalue weighted by molar-refractivity contribution is 0.295. The minimum atomic E-state index is 0.0252. The van der Waals surface area contributed by atoms with Crippen molar-refractivity contribution in [2.45, 2.75) is 32.7 Å². The summed E-state index contributed by atoms with van der Waals surface area (Å²) in [6.07, 6.45) is 1.86. The van der Waals surface area contributed by atoms with E-state index in [4.69, 9.17) is 28.3 Å². The van der Waals surface area contributed by atoms with Crippen LogP contribution in [-0.2, 0) is 0 Å². The third-order valence-electron chi connectivity index (χ3n) is 2.55. The molecule has 1 aromatic rings. The first-order chi connectivity index (χ1) is 8.12. The summed E-state index contributed by atoms with van der Waals surface area (Å²) in [5, 5.41) is 9.23.